The van der Waals surface area contributed by atoms with Crippen LogP contribution in [0, 0.1) is 5.82 Å². The molecule has 2 aromatic rings. The fourth-order valence-electron chi connectivity index (χ4n) is 1.97. The van der Waals surface area contributed by atoms with Gasteiger partial charge in [0.1, 0.15) is 5.75 Å². The lowest BCUT2D eigenvalue weighted by Gasteiger charge is -2.19. The van der Waals surface area contributed by atoms with E-state index in [0.29, 0.717) is 5.69 Å². The second kappa shape index (κ2) is 6.33. The molecule has 1 unspecified atom stereocenters. The van der Waals surface area contributed by atoms with E-state index >= 15 is 0 Å². The average Bonchev–Trinajstić information content (AvgIpc) is 2.43. The van der Waals surface area contributed by atoms with E-state index in [4.69, 9.17) is 23.2 Å². The Bertz CT molecular complexity index is 578. The molecule has 106 valence electrons. The van der Waals surface area contributed by atoms with Gasteiger partial charge in [-0.15, -0.1) is 0 Å². The Labute approximate surface area is 127 Å². The predicted molar refractivity (Wildman–Crippen MR) is 81.2 cm³/mol. The van der Waals surface area contributed by atoms with Crippen LogP contribution in [0.3, 0.4) is 0 Å². The van der Waals surface area contributed by atoms with Gasteiger partial charge in [0.2, 0.25) is 0 Å². The molecule has 0 aliphatic rings. The van der Waals surface area contributed by atoms with Gasteiger partial charge in [-0.25, -0.2) is 4.39 Å². The molecule has 1 atom stereocenters. The van der Waals surface area contributed by atoms with Gasteiger partial charge in [0.15, 0.2) is 5.82 Å². The maximum absolute atomic E-state index is 13.4. The summed E-state index contributed by atoms with van der Waals surface area (Å²) in [5.74, 6) is -0.395. The van der Waals surface area contributed by atoms with Crippen molar-refractivity contribution < 1.29 is 9.50 Å². The minimum absolute atomic E-state index is 0.0134. The van der Waals surface area contributed by atoms with Crippen LogP contribution in [0.4, 0.5) is 10.1 Å². The van der Waals surface area contributed by atoms with Gasteiger partial charge in [-0.3, -0.25) is 0 Å². The molecule has 0 radical (unpaired) electrons. The average molecular weight is 314 g/mol. The van der Waals surface area contributed by atoms with Gasteiger partial charge in [-0.1, -0.05) is 42.3 Å². The third kappa shape index (κ3) is 3.35. The minimum atomic E-state index is -0.614. The Hall–Kier alpha value is -1.45. The molecule has 0 aliphatic heterocycles. The number of phenolic OH excluding ortho intramolecular Hbond substituents is 1. The molecule has 2 aromatic carbocycles. The lowest BCUT2D eigenvalue weighted by molar-refractivity contribution is 0.475. The minimum Gasteiger partial charge on any atom is -0.508 e. The quantitative estimate of drug-likeness (QED) is 0.740. The maximum Gasteiger partial charge on any atom is 0.160 e. The molecular weight excluding hydrogens is 300 g/mol. The largest absolute Gasteiger partial charge is 0.508 e. The van der Waals surface area contributed by atoms with Crippen LogP contribution in [0.1, 0.15) is 24.9 Å². The lowest BCUT2D eigenvalue weighted by atomic mass is 10.0. The lowest BCUT2D eigenvalue weighted by Crippen LogP contribution is -2.09. The summed E-state index contributed by atoms with van der Waals surface area (Å²) in [5.41, 5.74) is 1.67. The van der Waals surface area contributed by atoms with Gasteiger partial charge in [-0.2, -0.15) is 0 Å². The van der Waals surface area contributed by atoms with Crippen molar-refractivity contribution in [3.8, 4) is 5.75 Å². The zero-order chi connectivity index (χ0) is 14.7. The summed E-state index contributed by atoms with van der Waals surface area (Å²) in [6.07, 6.45) is 0.817. The van der Waals surface area contributed by atoms with Gasteiger partial charge < -0.3 is 10.4 Å². The van der Waals surface area contributed by atoms with Crippen LogP contribution in [0.25, 0.3) is 0 Å². The van der Waals surface area contributed by atoms with Gasteiger partial charge in [0.25, 0.3) is 0 Å². The molecule has 0 heterocycles. The summed E-state index contributed by atoms with van der Waals surface area (Å²) in [5, 5.41) is 12.5. The van der Waals surface area contributed by atoms with Crippen molar-refractivity contribution in [2.24, 2.45) is 0 Å². The molecule has 0 amide bonds. The van der Waals surface area contributed by atoms with Gasteiger partial charge >= 0.3 is 0 Å². The monoisotopic (exact) mass is 313 g/mol. The Balaban J connectivity index is 2.24. The molecule has 0 spiro atoms. The van der Waals surface area contributed by atoms with E-state index in [1.807, 2.05) is 19.1 Å². The molecule has 5 heteroatoms. The third-order valence-corrected chi connectivity index (χ3v) is 3.58. The van der Waals surface area contributed by atoms with Crippen LogP contribution in [-0.4, -0.2) is 5.11 Å². The summed E-state index contributed by atoms with van der Waals surface area (Å²) in [6, 6.07) is 9.96. The molecule has 0 aliphatic carbocycles. The molecule has 0 saturated carbocycles. The van der Waals surface area contributed by atoms with Crippen LogP contribution in [-0.2, 0) is 0 Å². The number of hydrogen-bond acceptors (Lipinski definition) is 2. The van der Waals surface area contributed by atoms with Crippen molar-refractivity contribution >= 4 is 28.9 Å². The van der Waals surface area contributed by atoms with E-state index in [2.05, 4.69) is 5.32 Å². The van der Waals surface area contributed by atoms with E-state index in [9.17, 15) is 9.50 Å². The Morgan fingerprint density at radius 1 is 1.15 bits per heavy atom. The van der Waals surface area contributed by atoms with Crippen molar-refractivity contribution in [1.29, 1.82) is 0 Å². The Kier molecular flexibility index (Phi) is 4.73. The fourth-order valence-corrected chi connectivity index (χ4v) is 2.45. The fraction of sp³-hybridized carbons (Fsp3) is 0.200. The Morgan fingerprint density at radius 3 is 2.20 bits per heavy atom. The second-order valence-electron chi connectivity index (χ2n) is 4.45. The number of nitrogens with one attached hydrogen (secondary N) is 1. The van der Waals surface area contributed by atoms with Crippen molar-refractivity contribution in [2.45, 2.75) is 19.4 Å². The first-order chi connectivity index (χ1) is 9.51. The first kappa shape index (κ1) is 14.9. The van der Waals surface area contributed by atoms with Crippen LogP contribution in [0.2, 0.25) is 10.0 Å². The number of anilines is 1. The molecule has 20 heavy (non-hydrogen) atoms. The molecule has 2 rings (SSSR count). The Morgan fingerprint density at radius 2 is 1.70 bits per heavy atom. The third-order valence-electron chi connectivity index (χ3n) is 3.03. The van der Waals surface area contributed by atoms with E-state index in [1.54, 1.807) is 12.1 Å². The molecule has 0 bridgehead atoms. The summed E-state index contributed by atoms with van der Waals surface area (Å²) in [4.78, 5) is 0. The zero-order valence-corrected chi connectivity index (χ0v) is 12.3. The zero-order valence-electron chi connectivity index (χ0n) is 10.8. The number of benzene rings is 2. The molecule has 0 saturated heterocycles. The number of halogens is 3. The number of rotatable bonds is 4. The molecule has 0 fully saturated rings. The standard InChI is InChI=1S/C15H14Cl2FNO/c1-2-14(9-3-5-11(20)6-4-9)19-10-7-12(16)15(18)13(17)8-10/h3-8,14,19-20H,2H2,1H3. The van der Waals surface area contributed by atoms with E-state index < -0.39 is 5.82 Å². The highest BCUT2D eigenvalue weighted by atomic mass is 35.5. The smallest absolute Gasteiger partial charge is 0.160 e. The van der Waals surface area contributed by atoms with E-state index in [1.165, 1.54) is 12.1 Å². The van der Waals surface area contributed by atoms with Crippen LogP contribution in [0.15, 0.2) is 36.4 Å². The normalized spacial score (nSPS) is 12.2. The van der Waals surface area contributed by atoms with Gasteiger partial charge in [0, 0.05) is 5.69 Å². The number of phenols is 1. The van der Waals surface area contributed by atoms with Crippen LogP contribution in [0.5, 0.6) is 5.75 Å². The van der Waals surface area contributed by atoms with E-state index in [-0.39, 0.29) is 21.8 Å². The number of hydrogen-bond donors (Lipinski definition) is 2. The van der Waals surface area contributed by atoms with Gasteiger partial charge in [-0.05, 0) is 36.2 Å². The highest BCUT2D eigenvalue weighted by molar-refractivity contribution is 6.35. The maximum atomic E-state index is 13.4. The van der Waals surface area contributed by atoms with Crippen LogP contribution >= 0.6 is 23.2 Å². The van der Waals surface area contributed by atoms with Gasteiger partial charge in [0.05, 0.1) is 16.1 Å². The van der Waals surface area contributed by atoms with Crippen LogP contribution < -0.4 is 5.32 Å². The van der Waals surface area contributed by atoms with Crippen molar-refractivity contribution in [2.75, 3.05) is 5.32 Å². The topological polar surface area (TPSA) is 32.3 Å². The summed E-state index contributed by atoms with van der Waals surface area (Å²) < 4.78 is 13.4. The summed E-state index contributed by atoms with van der Waals surface area (Å²) >= 11 is 11.6. The second-order valence-corrected chi connectivity index (χ2v) is 5.26. The SMILES string of the molecule is CCC(Nc1cc(Cl)c(F)c(Cl)c1)c1ccc(O)cc1. The first-order valence-corrected chi connectivity index (χ1v) is 6.97. The molecule has 2 nitrogen and oxygen atoms in total. The molecular formula is C15H14Cl2FNO. The predicted octanol–water partition coefficient (Wildman–Crippen LogP) is 5.40. The highest BCUT2D eigenvalue weighted by Gasteiger charge is 2.12. The van der Waals surface area contributed by atoms with Crippen molar-refractivity contribution in [3.05, 3.63) is 57.8 Å². The molecule has 2 N–H and O–H groups in total. The highest BCUT2D eigenvalue weighted by Crippen LogP contribution is 2.30. The van der Waals surface area contributed by atoms with E-state index in [0.717, 1.165) is 12.0 Å². The van der Waals surface area contributed by atoms with Crippen molar-refractivity contribution in [3.63, 3.8) is 0 Å². The summed E-state index contributed by atoms with van der Waals surface area (Å²) in [6.45, 7) is 2.03. The summed E-state index contributed by atoms with van der Waals surface area (Å²) in [7, 11) is 0. The first-order valence-electron chi connectivity index (χ1n) is 6.21. The molecule has 0 aromatic heterocycles. The van der Waals surface area contributed by atoms with Crippen molar-refractivity contribution in [1.82, 2.24) is 0 Å². The number of aromatic hydroxyl groups is 1.